The van der Waals surface area contributed by atoms with Crippen molar-refractivity contribution < 1.29 is 0 Å². The Kier molecular flexibility index (Phi) is 9.82. The monoisotopic (exact) mass is 758 g/mol. The van der Waals surface area contributed by atoms with Crippen LogP contribution in [0, 0.1) is 5.92 Å². The standard InChI is InChI=1S/C57H46N2/c1-41-15-12-22-47(37-41)49-38-48(42-16-4-2-5-17-42)39-53(40-49)59(57-28-14-21-46-19-9-11-26-55(46)57)52-35-31-44(32-36-52)43-29-33-51(34-30-43)58(50-23-6-3-7-24-50)56-27-13-20-45-18-8-10-25-54(45)56/h2-35,38-41,52H,36-37H2,1H3. The van der Waals surface area contributed by atoms with Crippen molar-refractivity contribution in [3.05, 3.63) is 236 Å². The number of anilines is 5. The Morgan fingerprint density at radius 3 is 1.78 bits per heavy atom. The Bertz CT molecular complexity index is 2890. The van der Waals surface area contributed by atoms with Gasteiger partial charge in [0.25, 0.3) is 0 Å². The van der Waals surface area contributed by atoms with E-state index in [1.54, 1.807) is 0 Å². The molecule has 0 bridgehead atoms. The van der Waals surface area contributed by atoms with Crippen LogP contribution >= 0.6 is 0 Å². The first kappa shape index (κ1) is 36.2. The van der Waals surface area contributed by atoms with Gasteiger partial charge in [-0.05, 0) is 118 Å². The lowest BCUT2D eigenvalue weighted by Crippen LogP contribution is -2.30. The van der Waals surface area contributed by atoms with E-state index in [1.165, 1.54) is 72.0 Å². The molecule has 0 saturated heterocycles. The van der Waals surface area contributed by atoms with Crippen molar-refractivity contribution in [1.82, 2.24) is 0 Å². The zero-order chi connectivity index (χ0) is 39.5. The summed E-state index contributed by atoms with van der Waals surface area (Å²) >= 11 is 0. The molecule has 0 aromatic heterocycles. The summed E-state index contributed by atoms with van der Waals surface area (Å²) in [6, 6.07) is 68.6. The largest absolute Gasteiger partial charge is 0.334 e. The van der Waals surface area contributed by atoms with Crippen LogP contribution in [0.1, 0.15) is 30.9 Å². The highest BCUT2D eigenvalue weighted by atomic mass is 15.2. The van der Waals surface area contributed by atoms with Gasteiger partial charge in [0.2, 0.25) is 0 Å². The predicted molar refractivity (Wildman–Crippen MR) is 253 cm³/mol. The molecule has 0 fully saturated rings. The van der Waals surface area contributed by atoms with Crippen LogP contribution in [0.3, 0.4) is 0 Å². The van der Waals surface area contributed by atoms with E-state index < -0.39 is 0 Å². The number of nitrogens with zero attached hydrogens (tertiary/aromatic N) is 2. The Morgan fingerprint density at radius 2 is 1.08 bits per heavy atom. The minimum atomic E-state index is 0.113. The molecule has 0 amide bonds. The highest BCUT2D eigenvalue weighted by Crippen LogP contribution is 2.43. The summed E-state index contributed by atoms with van der Waals surface area (Å²) in [6.45, 7) is 2.31. The molecule has 2 heteroatoms. The van der Waals surface area contributed by atoms with Gasteiger partial charge in [-0.25, -0.2) is 0 Å². The molecule has 2 nitrogen and oxygen atoms in total. The molecule has 2 aliphatic carbocycles. The van der Waals surface area contributed by atoms with E-state index >= 15 is 0 Å². The van der Waals surface area contributed by atoms with Crippen LogP contribution in [0.2, 0.25) is 0 Å². The number of hydrogen-bond acceptors (Lipinski definition) is 2. The van der Waals surface area contributed by atoms with Gasteiger partial charge in [-0.1, -0.05) is 177 Å². The maximum atomic E-state index is 2.58. The maximum Gasteiger partial charge on any atom is 0.0560 e. The summed E-state index contributed by atoms with van der Waals surface area (Å²) in [7, 11) is 0. The number of fused-ring (bicyclic) bond motifs is 2. The summed E-state index contributed by atoms with van der Waals surface area (Å²) in [4.78, 5) is 4.95. The first-order valence-corrected chi connectivity index (χ1v) is 20.8. The third-order valence-electron chi connectivity index (χ3n) is 11.9. The number of allylic oxidation sites excluding steroid dienone is 6. The Morgan fingerprint density at radius 1 is 0.475 bits per heavy atom. The third kappa shape index (κ3) is 7.31. The van der Waals surface area contributed by atoms with Crippen molar-refractivity contribution in [1.29, 1.82) is 0 Å². The fourth-order valence-corrected chi connectivity index (χ4v) is 8.94. The second-order valence-electron chi connectivity index (χ2n) is 15.8. The van der Waals surface area contributed by atoms with Gasteiger partial charge in [-0.3, -0.25) is 0 Å². The lowest BCUT2D eigenvalue weighted by Gasteiger charge is -2.35. The van der Waals surface area contributed by atoms with Gasteiger partial charge in [0.05, 0.1) is 11.7 Å². The van der Waals surface area contributed by atoms with E-state index in [2.05, 4.69) is 241 Å². The second kappa shape index (κ2) is 16.0. The summed E-state index contributed by atoms with van der Waals surface area (Å²) in [5.74, 6) is 0.506. The van der Waals surface area contributed by atoms with Crippen molar-refractivity contribution in [2.75, 3.05) is 9.80 Å². The Labute approximate surface area is 348 Å². The fraction of sp³-hybridized carbons (Fsp3) is 0.0877. The Balaban J connectivity index is 1.02. The van der Waals surface area contributed by atoms with Crippen molar-refractivity contribution in [2.24, 2.45) is 5.92 Å². The van der Waals surface area contributed by atoms with Gasteiger partial charge in [-0.15, -0.1) is 0 Å². The van der Waals surface area contributed by atoms with Crippen LogP contribution < -0.4 is 9.80 Å². The topological polar surface area (TPSA) is 6.48 Å². The van der Waals surface area contributed by atoms with Crippen molar-refractivity contribution in [3.63, 3.8) is 0 Å². The molecule has 2 aliphatic rings. The summed E-state index contributed by atoms with van der Waals surface area (Å²) in [5.41, 5.74) is 13.4. The van der Waals surface area contributed by atoms with Crippen molar-refractivity contribution in [2.45, 2.75) is 25.8 Å². The van der Waals surface area contributed by atoms with Gasteiger partial charge >= 0.3 is 0 Å². The predicted octanol–water partition coefficient (Wildman–Crippen LogP) is 15.7. The smallest absolute Gasteiger partial charge is 0.0560 e. The minimum absolute atomic E-state index is 0.113. The number of para-hydroxylation sites is 1. The van der Waals surface area contributed by atoms with Crippen LogP contribution in [0.25, 0.3) is 43.8 Å². The molecule has 0 radical (unpaired) electrons. The SMILES string of the molecule is CC1C=CC=C(c2cc(-c3ccccc3)cc(N(c3cccc4ccccc34)C3C=CC(c4ccc(N(c5ccccc5)c5cccc6ccccc56)cc4)=CC3)c2)C1. The maximum absolute atomic E-state index is 2.58. The zero-order valence-electron chi connectivity index (χ0n) is 33.3. The van der Waals surface area contributed by atoms with E-state index in [4.69, 9.17) is 0 Å². The molecule has 8 aromatic carbocycles. The fourth-order valence-electron chi connectivity index (χ4n) is 8.94. The molecule has 2 unspecified atom stereocenters. The molecule has 0 spiro atoms. The van der Waals surface area contributed by atoms with Gasteiger partial charge in [-0.2, -0.15) is 0 Å². The number of hydrogen-bond donors (Lipinski definition) is 0. The van der Waals surface area contributed by atoms with Crippen LogP contribution in [0.15, 0.2) is 225 Å². The molecule has 0 saturated carbocycles. The van der Waals surface area contributed by atoms with Crippen LogP contribution in [-0.4, -0.2) is 6.04 Å². The molecular formula is C57H46N2. The molecular weight excluding hydrogens is 713 g/mol. The van der Waals surface area contributed by atoms with Gasteiger partial charge in [0.15, 0.2) is 0 Å². The highest BCUT2D eigenvalue weighted by molar-refractivity contribution is 5.99. The van der Waals surface area contributed by atoms with Crippen LogP contribution in [0.4, 0.5) is 28.4 Å². The molecule has 0 aliphatic heterocycles. The lowest BCUT2D eigenvalue weighted by molar-refractivity contribution is 0.748. The first-order chi connectivity index (χ1) is 29.2. The van der Waals surface area contributed by atoms with Gasteiger partial charge < -0.3 is 9.80 Å². The van der Waals surface area contributed by atoms with Crippen LogP contribution in [-0.2, 0) is 0 Å². The lowest BCUT2D eigenvalue weighted by atomic mass is 9.88. The quantitative estimate of drug-likeness (QED) is 0.145. The summed E-state index contributed by atoms with van der Waals surface area (Å²) in [5, 5.41) is 4.95. The molecule has 8 aromatic rings. The molecule has 59 heavy (non-hydrogen) atoms. The van der Waals surface area contributed by atoms with E-state index in [0.29, 0.717) is 5.92 Å². The number of benzene rings is 8. The molecule has 0 heterocycles. The molecule has 0 N–H and O–H groups in total. The summed E-state index contributed by atoms with van der Waals surface area (Å²) in [6.07, 6.45) is 15.9. The minimum Gasteiger partial charge on any atom is -0.334 e. The second-order valence-corrected chi connectivity index (χ2v) is 15.8. The average Bonchev–Trinajstić information content (AvgIpc) is 3.30. The molecule has 10 rings (SSSR count). The molecule has 2 atom stereocenters. The van der Waals surface area contributed by atoms with Crippen LogP contribution in [0.5, 0.6) is 0 Å². The van der Waals surface area contributed by atoms with E-state index in [1.807, 2.05) is 0 Å². The number of rotatable bonds is 9. The average molecular weight is 759 g/mol. The van der Waals surface area contributed by atoms with E-state index in [9.17, 15) is 0 Å². The normalized spacial score (nSPS) is 16.2. The molecule has 284 valence electrons. The van der Waals surface area contributed by atoms with Crippen molar-refractivity contribution in [3.8, 4) is 11.1 Å². The Hall–Kier alpha value is -7.16. The third-order valence-corrected chi connectivity index (χ3v) is 11.9. The van der Waals surface area contributed by atoms with Crippen molar-refractivity contribution >= 4 is 61.1 Å². The van der Waals surface area contributed by atoms with E-state index in [-0.39, 0.29) is 6.04 Å². The summed E-state index contributed by atoms with van der Waals surface area (Å²) < 4.78 is 0. The van der Waals surface area contributed by atoms with Gasteiger partial charge in [0, 0.05) is 33.5 Å². The zero-order valence-corrected chi connectivity index (χ0v) is 33.3. The highest BCUT2D eigenvalue weighted by Gasteiger charge is 2.25. The van der Waals surface area contributed by atoms with Gasteiger partial charge in [0.1, 0.15) is 0 Å². The first-order valence-electron chi connectivity index (χ1n) is 20.8. The van der Waals surface area contributed by atoms with E-state index in [0.717, 1.165) is 24.2 Å².